The highest BCUT2D eigenvalue weighted by molar-refractivity contribution is 6.66. The molecule has 0 N–H and O–H groups in total. The van der Waals surface area contributed by atoms with E-state index in [1.165, 1.54) is 0 Å². The van der Waals surface area contributed by atoms with Gasteiger partial charge < -0.3 is 18.1 Å². The maximum absolute atomic E-state index is 7.09. The van der Waals surface area contributed by atoms with E-state index in [0.717, 1.165) is 82.7 Å². The molecule has 47 heavy (non-hydrogen) atoms. The molecule has 2 aromatic heterocycles. The molecule has 1 saturated heterocycles. The molecular formula is C42H33BO4. The summed E-state index contributed by atoms with van der Waals surface area (Å²) in [7, 11) is -0.570. The van der Waals surface area contributed by atoms with Gasteiger partial charge in [0.15, 0.2) is 0 Å². The molecule has 0 spiro atoms. The molecule has 8 aromatic rings. The summed E-state index contributed by atoms with van der Waals surface area (Å²) in [6, 6.07) is 44.3. The summed E-state index contributed by atoms with van der Waals surface area (Å²) < 4.78 is 27.0. The SMILES string of the molecule is CC1(C)OB(c2ccc(-c3cccc4c3oc3ccccc34)c3oc4c(-c5ccccc5)cc(-c5ccccc5)cc4c23)OC1(C)C. The molecule has 0 amide bonds. The molecule has 6 aromatic carbocycles. The first-order chi connectivity index (χ1) is 22.8. The standard InChI is InChI=1S/C42H33BO4/c1-41(2)42(3,4)47-43(46-41)35-23-22-32(31-20-13-19-30-29-18-11-12-21-36(29)44-38(30)31)40-37(35)34-25-28(26-14-7-5-8-15-26)24-33(39(34)45-40)27-16-9-6-10-17-27/h5-25H,1-4H3. The molecule has 228 valence electrons. The number of para-hydroxylation sites is 2. The van der Waals surface area contributed by atoms with Crippen molar-refractivity contribution in [1.29, 1.82) is 0 Å². The van der Waals surface area contributed by atoms with Crippen molar-refractivity contribution in [2.75, 3.05) is 0 Å². The number of hydrogen-bond acceptors (Lipinski definition) is 4. The lowest BCUT2D eigenvalue weighted by molar-refractivity contribution is 0.00578. The number of hydrogen-bond donors (Lipinski definition) is 0. The quantitative estimate of drug-likeness (QED) is 0.186. The molecule has 0 aliphatic carbocycles. The van der Waals surface area contributed by atoms with Crippen LogP contribution in [0.5, 0.6) is 0 Å². The lowest BCUT2D eigenvalue weighted by Gasteiger charge is -2.32. The van der Waals surface area contributed by atoms with E-state index < -0.39 is 18.3 Å². The van der Waals surface area contributed by atoms with Crippen LogP contribution in [0.2, 0.25) is 0 Å². The average Bonchev–Trinajstić information content (AvgIpc) is 3.73. The van der Waals surface area contributed by atoms with E-state index in [1.54, 1.807) is 0 Å². The van der Waals surface area contributed by atoms with Crippen LogP contribution in [-0.2, 0) is 9.31 Å². The van der Waals surface area contributed by atoms with Crippen molar-refractivity contribution in [2.45, 2.75) is 38.9 Å². The Kier molecular flexibility index (Phi) is 6.11. The molecule has 3 heterocycles. The van der Waals surface area contributed by atoms with Crippen LogP contribution < -0.4 is 5.46 Å². The highest BCUT2D eigenvalue weighted by atomic mass is 16.7. The second-order valence-corrected chi connectivity index (χ2v) is 13.5. The average molecular weight is 613 g/mol. The van der Waals surface area contributed by atoms with Gasteiger partial charge >= 0.3 is 7.12 Å². The van der Waals surface area contributed by atoms with Crippen molar-refractivity contribution >= 4 is 56.5 Å². The minimum Gasteiger partial charge on any atom is -0.455 e. The zero-order valence-electron chi connectivity index (χ0n) is 26.8. The topological polar surface area (TPSA) is 44.7 Å². The van der Waals surface area contributed by atoms with Crippen LogP contribution in [0.25, 0.3) is 77.3 Å². The maximum Gasteiger partial charge on any atom is 0.495 e. The first-order valence-electron chi connectivity index (χ1n) is 16.2. The van der Waals surface area contributed by atoms with E-state index in [-0.39, 0.29) is 0 Å². The number of fused-ring (bicyclic) bond motifs is 6. The van der Waals surface area contributed by atoms with Gasteiger partial charge in [0.05, 0.1) is 11.2 Å². The van der Waals surface area contributed by atoms with Gasteiger partial charge in [-0.25, -0.2) is 0 Å². The van der Waals surface area contributed by atoms with Gasteiger partial charge in [0.25, 0.3) is 0 Å². The number of furan rings is 2. The van der Waals surface area contributed by atoms with Gasteiger partial charge in [0, 0.05) is 38.2 Å². The first-order valence-corrected chi connectivity index (χ1v) is 16.2. The van der Waals surface area contributed by atoms with Gasteiger partial charge in [-0.3, -0.25) is 0 Å². The van der Waals surface area contributed by atoms with Crippen LogP contribution in [0.3, 0.4) is 0 Å². The maximum atomic E-state index is 7.09. The van der Waals surface area contributed by atoms with Crippen molar-refractivity contribution in [3.63, 3.8) is 0 Å². The molecule has 0 atom stereocenters. The second-order valence-electron chi connectivity index (χ2n) is 13.5. The molecule has 0 bridgehead atoms. The smallest absolute Gasteiger partial charge is 0.455 e. The summed E-state index contributed by atoms with van der Waals surface area (Å²) in [6.07, 6.45) is 0. The summed E-state index contributed by atoms with van der Waals surface area (Å²) in [4.78, 5) is 0. The Morgan fingerprint density at radius 1 is 0.447 bits per heavy atom. The van der Waals surface area contributed by atoms with Crippen molar-refractivity contribution in [2.24, 2.45) is 0 Å². The normalized spacial score (nSPS) is 15.8. The molecule has 4 nitrogen and oxygen atoms in total. The zero-order valence-corrected chi connectivity index (χ0v) is 26.8. The monoisotopic (exact) mass is 612 g/mol. The van der Waals surface area contributed by atoms with Crippen LogP contribution in [-0.4, -0.2) is 18.3 Å². The van der Waals surface area contributed by atoms with E-state index in [1.807, 2.05) is 18.2 Å². The third-order valence-corrected chi connectivity index (χ3v) is 10.1. The van der Waals surface area contributed by atoms with Gasteiger partial charge in [0.2, 0.25) is 0 Å². The number of rotatable bonds is 4. The summed E-state index contributed by atoms with van der Waals surface area (Å²) in [6.45, 7) is 8.37. The Bertz CT molecular complexity index is 2450. The molecule has 9 rings (SSSR count). The van der Waals surface area contributed by atoms with E-state index in [9.17, 15) is 0 Å². The van der Waals surface area contributed by atoms with Crippen molar-refractivity contribution in [1.82, 2.24) is 0 Å². The fraction of sp³-hybridized carbons (Fsp3) is 0.143. The number of benzene rings is 6. The van der Waals surface area contributed by atoms with Gasteiger partial charge in [0.1, 0.15) is 22.3 Å². The Labute approximate surface area is 273 Å². The predicted octanol–water partition coefficient (Wildman–Crippen LogP) is 10.8. The van der Waals surface area contributed by atoms with Crippen LogP contribution in [0.15, 0.2) is 136 Å². The summed E-state index contributed by atoms with van der Waals surface area (Å²) in [5.41, 5.74) is 9.59. The van der Waals surface area contributed by atoms with E-state index in [2.05, 4.69) is 137 Å². The fourth-order valence-corrected chi connectivity index (χ4v) is 6.98. The molecule has 1 aliphatic rings. The van der Waals surface area contributed by atoms with Gasteiger partial charge in [-0.2, -0.15) is 0 Å². The van der Waals surface area contributed by atoms with Crippen molar-refractivity contribution in [3.05, 3.63) is 127 Å². The molecule has 1 fully saturated rings. The minimum atomic E-state index is -0.570. The summed E-state index contributed by atoms with van der Waals surface area (Å²) in [5, 5.41) is 4.18. The lowest BCUT2D eigenvalue weighted by atomic mass is 9.75. The predicted molar refractivity (Wildman–Crippen MR) is 193 cm³/mol. The van der Waals surface area contributed by atoms with Gasteiger partial charge in [-0.1, -0.05) is 109 Å². The van der Waals surface area contributed by atoms with Crippen LogP contribution in [0, 0.1) is 0 Å². The molecule has 0 saturated carbocycles. The van der Waals surface area contributed by atoms with Crippen molar-refractivity contribution < 1.29 is 18.1 Å². The lowest BCUT2D eigenvalue weighted by Crippen LogP contribution is -2.41. The Balaban J connectivity index is 1.40. The molecule has 1 aliphatic heterocycles. The van der Waals surface area contributed by atoms with Gasteiger partial charge in [-0.15, -0.1) is 0 Å². The highest BCUT2D eigenvalue weighted by Gasteiger charge is 2.52. The van der Waals surface area contributed by atoms with E-state index >= 15 is 0 Å². The fourth-order valence-electron chi connectivity index (χ4n) is 6.98. The van der Waals surface area contributed by atoms with Crippen LogP contribution >= 0.6 is 0 Å². The van der Waals surface area contributed by atoms with E-state index in [4.69, 9.17) is 18.1 Å². The van der Waals surface area contributed by atoms with Crippen molar-refractivity contribution in [3.8, 4) is 33.4 Å². The van der Waals surface area contributed by atoms with Crippen LogP contribution in [0.1, 0.15) is 27.7 Å². The third-order valence-electron chi connectivity index (χ3n) is 10.1. The molecule has 0 radical (unpaired) electrons. The zero-order chi connectivity index (χ0) is 31.9. The largest absolute Gasteiger partial charge is 0.495 e. The second kappa shape index (κ2) is 10.2. The molecular weight excluding hydrogens is 579 g/mol. The Morgan fingerprint density at radius 3 is 1.81 bits per heavy atom. The third kappa shape index (κ3) is 4.31. The van der Waals surface area contributed by atoms with Crippen LogP contribution in [0.4, 0.5) is 0 Å². The Hall–Kier alpha value is -5.10. The molecule has 0 unspecified atom stereocenters. The first kappa shape index (κ1) is 28.2. The highest BCUT2D eigenvalue weighted by Crippen LogP contribution is 2.45. The van der Waals surface area contributed by atoms with E-state index in [0.29, 0.717) is 0 Å². The summed E-state index contributed by atoms with van der Waals surface area (Å²) >= 11 is 0. The van der Waals surface area contributed by atoms with Gasteiger partial charge in [-0.05, 0) is 68.0 Å². The Morgan fingerprint density at radius 2 is 1.06 bits per heavy atom. The molecule has 5 heteroatoms. The minimum absolute atomic E-state index is 0.494. The summed E-state index contributed by atoms with van der Waals surface area (Å²) in [5.74, 6) is 0.